The number of hydrogen-bond donors (Lipinski definition) is 0. The lowest BCUT2D eigenvalue weighted by molar-refractivity contribution is -0.153. The van der Waals surface area contributed by atoms with Crippen LogP contribution in [0.1, 0.15) is 33.1 Å². The van der Waals surface area contributed by atoms with Gasteiger partial charge in [-0.1, -0.05) is 20.3 Å². The summed E-state index contributed by atoms with van der Waals surface area (Å²) in [6, 6.07) is 0. The molecule has 0 aliphatic rings. The third kappa shape index (κ3) is 5.13. The van der Waals surface area contributed by atoms with Gasteiger partial charge in [0.1, 0.15) is 12.7 Å². The van der Waals surface area contributed by atoms with Crippen LogP contribution in [0.15, 0.2) is 0 Å². The van der Waals surface area contributed by atoms with E-state index in [4.69, 9.17) is 4.74 Å². The van der Waals surface area contributed by atoms with Gasteiger partial charge >= 0.3 is 5.97 Å². The van der Waals surface area contributed by atoms with Gasteiger partial charge in [0.05, 0.1) is 0 Å². The summed E-state index contributed by atoms with van der Waals surface area (Å²) < 4.78 is 9.77. The first-order valence-corrected chi connectivity index (χ1v) is 4.43. The van der Waals surface area contributed by atoms with Crippen molar-refractivity contribution in [3.05, 3.63) is 0 Å². The Morgan fingerprint density at radius 2 is 2.08 bits per heavy atom. The van der Waals surface area contributed by atoms with Crippen molar-refractivity contribution < 1.29 is 14.3 Å². The highest BCUT2D eigenvalue weighted by Crippen LogP contribution is 2.06. The van der Waals surface area contributed by atoms with Gasteiger partial charge in [0.25, 0.3) is 0 Å². The molecule has 0 saturated heterocycles. The fraction of sp³-hybridized carbons (Fsp3) is 0.889. The van der Waals surface area contributed by atoms with Crippen molar-refractivity contribution in [2.75, 3.05) is 13.7 Å². The fourth-order valence-electron chi connectivity index (χ4n) is 1.01. The molecule has 1 atom stereocenters. The highest BCUT2D eigenvalue weighted by molar-refractivity contribution is 5.70. The molecule has 3 heteroatoms. The van der Waals surface area contributed by atoms with Gasteiger partial charge in [-0.05, 0) is 12.8 Å². The van der Waals surface area contributed by atoms with E-state index >= 15 is 0 Å². The quantitative estimate of drug-likeness (QED) is 0.575. The van der Waals surface area contributed by atoms with Gasteiger partial charge in [-0.25, -0.2) is 4.79 Å². The summed E-state index contributed by atoms with van der Waals surface area (Å²) in [6.45, 7) is 4.15. The number of methoxy groups -OCH3 is 1. The second-order valence-corrected chi connectivity index (χ2v) is 2.74. The summed E-state index contributed by atoms with van der Waals surface area (Å²) in [6.07, 6.45) is 2.92. The molecule has 0 amide bonds. The van der Waals surface area contributed by atoms with E-state index in [2.05, 4.69) is 11.7 Å². The van der Waals surface area contributed by atoms with Crippen LogP contribution in [-0.2, 0) is 14.3 Å². The Kier molecular flexibility index (Phi) is 6.76. The van der Waals surface area contributed by atoms with Gasteiger partial charge in [-0.15, -0.1) is 0 Å². The molecule has 12 heavy (non-hydrogen) atoms. The Balaban J connectivity index is 3.61. The zero-order valence-corrected chi connectivity index (χ0v) is 8.13. The number of carbonyl (C=O) groups excluding carboxylic acids is 1. The minimum absolute atomic E-state index is 0.0558. The van der Waals surface area contributed by atoms with Crippen LogP contribution in [0.25, 0.3) is 0 Å². The normalized spacial score (nSPS) is 12.6. The van der Waals surface area contributed by atoms with Crippen molar-refractivity contribution in [2.45, 2.75) is 39.2 Å². The molecule has 0 aliphatic heterocycles. The molecule has 72 valence electrons. The van der Waals surface area contributed by atoms with E-state index in [0.29, 0.717) is 0 Å². The zero-order valence-electron chi connectivity index (χ0n) is 8.13. The van der Waals surface area contributed by atoms with E-state index in [0.717, 1.165) is 19.3 Å². The first kappa shape index (κ1) is 11.4. The first-order chi connectivity index (χ1) is 5.74. The average Bonchev–Trinajstić information content (AvgIpc) is 2.04. The van der Waals surface area contributed by atoms with Crippen molar-refractivity contribution in [1.29, 1.82) is 0 Å². The number of ether oxygens (including phenoxy) is 2. The molecule has 0 aromatic rings. The van der Waals surface area contributed by atoms with Crippen LogP contribution in [0.3, 0.4) is 0 Å². The molecule has 0 aromatic carbocycles. The van der Waals surface area contributed by atoms with Gasteiger partial charge in [0, 0.05) is 7.11 Å². The average molecular weight is 174 g/mol. The highest BCUT2D eigenvalue weighted by Gasteiger charge is 2.10. The van der Waals surface area contributed by atoms with E-state index in [1.807, 2.05) is 6.92 Å². The molecule has 0 rings (SSSR count). The minimum Gasteiger partial charge on any atom is -0.461 e. The Bertz CT molecular complexity index is 123. The molecule has 0 N–H and O–H groups in total. The number of rotatable bonds is 6. The topological polar surface area (TPSA) is 35.5 Å². The fourth-order valence-corrected chi connectivity index (χ4v) is 1.01. The summed E-state index contributed by atoms with van der Waals surface area (Å²) in [7, 11) is 1.49. The lowest BCUT2D eigenvalue weighted by Crippen LogP contribution is -2.20. The third-order valence-corrected chi connectivity index (χ3v) is 1.63. The molecular formula is C9H18O3. The summed E-state index contributed by atoms with van der Waals surface area (Å²) >= 11 is 0. The molecule has 0 spiro atoms. The number of esters is 1. The maximum absolute atomic E-state index is 10.9. The Morgan fingerprint density at radius 3 is 2.50 bits per heavy atom. The van der Waals surface area contributed by atoms with Gasteiger partial charge in [-0.2, -0.15) is 0 Å². The van der Waals surface area contributed by atoms with Gasteiger partial charge in [-0.3, -0.25) is 0 Å². The Labute approximate surface area is 74.0 Å². The zero-order chi connectivity index (χ0) is 9.40. The van der Waals surface area contributed by atoms with Crippen molar-refractivity contribution in [3.8, 4) is 0 Å². The highest BCUT2D eigenvalue weighted by atomic mass is 16.6. The van der Waals surface area contributed by atoms with Crippen LogP contribution in [0, 0.1) is 0 Å². The summed E-state index contributed by atoms with van der Waals surface area (Å²) in [5, 5.41) is 0. The number of hydrogen-bond acceptors (Lipinski definition) is 3. The van der Waals surface area contributed by atoms with Crippen LogP contribution < -0.4 is 0 Å². The van der Waals surface area contributed by atoms with Crippen molar-refractivity contribution in [1.82, 2.24) is 0 Å². The van der Waals surface area contributed by atoms with E-state index in [1.54, 1.807) is 0 Å². The van der Waals surface area contributed by atoms with E-state index in [9.17, 15) is 4.79 Å². The van der Waals surface area contributed by atoms with E-state index in [-0.39, 0.29) is 18.7 Å². The summed E-state index contributed by atoms with van der Waals surface area (Å²) in [5.41, 5.74) is 0. The largest absolute Gasteiger partial charge is 0.461 e. The maximum Gasteiger partial charge on any atom is 0.332 e. The molecule has 0 saturated carbocycles. The van der Waals surface area contributed by atoms with Gasteiger partial charge in [0.15, 0.2) is 0 Å². The molecule has 0 aromatic heterocycles. The molecule has 0 bridgehead atoms. The summed E-state index contributed by atoms with van der Waals surface area (Å²) in [4.78, 5) is 10.9. The molecule has 1 unspecified atom stereocenters. The van der Waals surface area contributed by atoms with Gasteiger partial charge in [0.2, 0.25) is 0 Å². The smallest absolute Gasteiger partial charge is 0.332 e. The second-order valence-electron chi connectivity index (χ2n) is 2.74. The lowest BCUT2D eigenvalue weighted by Gasteiger charge is -2.14. The van der Waals surface area contributed by atoms with Crippen LogP contribution in [0.4, 0.5) is 0 Å². The maximum atomic E-state index is 10.9. The molecule has 0 fully saturated rings. The Morgan fingerprint density at radius 1 is 1.42 bits per heavy atom. The Hall–Kier alpha value is -0.570. The first-order valence-electron chi connectivity index (χ1n) is 4.43. The van der Waals surface area contributed by atoms with E-state index in [1.165, 1.54) is 7.11 Å². The van der Waals surface area contributed by atoms with Gasteiger partial charge < -0.3 is 9.47 Å². The molecule has 0 radical (unpaired) electrons. The third-order valence-electron chi connectivity index (χ3n) is 1.63. The predicted octanol–water partition coefficient (Wildman–Crippen LogP) is 1.75. The molecule has 0 heterocycles. The predicted molar refractivity (Wildman–Crippen MR) is 47.0 cm³/mol. The SMILES string of the molecule is CCCC(CC)OC(=O)COC. The second kappa shape index (κ2) is 7.10. The number of carbonyl (C=O) groups is 1. The van der Waals surface area contributed by atoms with Crippen LogP contribution in [0.2, 0.25) is 0 Å². The molecule has 0 aliphatic carbocycles. The van der Waals surface area contributed by atoms with Crippen molar-refractivity contribution in [3.63, 3.8) is 0 Å². The minimum atomic E-state index is -0.266. The monoisotopic (exact) mass is 174 g/mol. The van der Waals surface area contributed by atoms with Crippen LogP contribution >= 0.6 is 0 Å². The van der Waals surface area contributed by atoms with Crippen LogP contribution in [-0.4, -0.2) is 25.8 Å². The van der Waals surface area contributed by atoms with Crippen molar-refractivity contribution >= 4 is 5.97 Å². The van der Waals surface area contributed by atoms with Crippen molar-refractivity contribution in [2.24, 2.45) is 0 Å². The lowest BCUT2D eigenvalue weighted by atomic mass is 10.2. The molecule has 3 nitrogen and oxygen atoms in total. The standard InChI is InChI=1S/C9H18O3/c1-4-6-8(5-2)12-9(10)7-11-3/h8H,4-7H2,1-3H3. The summed E-state index contributed by atoms with van der Waals surface area (Å²) in [5.74, 6) is -0.266. The van der Waals surface area contributed by atoms with E-state index < -0.39 is 0 Å². The molecular weight excluding hydrogens is 156 g/mol. The van der Waals surface area contributed by atoms with Crippen LogP contribution in [0.5, 0.6) is 0 Å².